The van der Waals surface area contributed by atoms with Crippen LogP contribution in [0, 0.1) is 18.3 Å². The summed E-state index contributed by atoms with van der Waals surface area (Å²) in [5, 5.41) is 8.77. The highest BCUT2D eigenvalue weighted by molar-refractivity contribution is 5.40. The third kappa shape index (κ3) is 2.09. The summed E-state index contributed by atoms with van der Waals surface area (Å²) in [5.41, 5.74) is 3.38. The van der Waals surface area contributed by atoms with Crippen LogP contribution in [0.3, 0.4) is 0 Å². The monoisotopic (exact) mass is 173 g/mol. The van der Waals surface area contributed by atoms with E-state index >= 15 is 0 Å². The predicted octanol–water partition coefficient (Wildman–Crippen LogP) is 3.16. The van der Waals surface area contributed by atoms with Crippen LogP contribution in [0.15, 0.2) is 18.2 Å². The van der Waals surface area contributed by atoms with E-state index in [1.807, 2.05) is 18.2 Å². The average molecular weight is 173 g/mol. The first-order valence-electron chi connectivity index (χ1n) is 4.46. The van der Waals surface area contributed by atoms with Gasteiger partial charge in [0.2, 0.25) is 0 Å². The number of benzene rings is 1. The van der Waals surface area contributed by atoms with E-state index in [2.05, 4.69) is 33.8 Å². The van der Waals surface area contributed by atoms with E-state index in [0.29, 0.717) is 0 Å². The number of rotatable bonds is 0. The second-order valence-corrected chi connectivity index (χ2v) is 4.39. The van der Waals surface area contributed by atoms with E-state index in [4.69, 9.17) is 5.26 Å². The van der Waals surface area contributed by atoms with Crippen molar-refractivity contribution in [2.75, 3.05) is 0 Å². The van der Waals surface area contributed by atoms with Crippen molar-refractivity contribution in [3.8, 4) is 6.07 Å². The van der Waals surface area contributed by atoms with Crippen molar-refractivity contribution in [3.63, 3.8) is 0 Å². The van der Waals surface area contributed by atoms with Crippen molar-refractivity contribution < 1.29 is 0 Å². The topological polar surface area (TPSA) is 23.8 Å². The second-order valence-electron chi connectivity index (χ2n) is 4.39. The molecule has 68 valence electrons. The Balaban J connectivity index is 3.29. The maximum Gasteiger partial charge on any atom is 0.0991 e. The van der Waals surface area contributed by atoms with Gasteiger partial charge in [0.25, 0.3) is 0 Å². The molecule has 0 aromatic heterocycles. The Bertz CT molecular complexity index is 350. The third-order valence-electron chi connectivity index (χ3n) is 2.17. The Morgan fingerprint density at radius 1 is 1.23 bits per heavy atom. The summed E-state index contributed by atoms with van der Waals surface area (Å²) in [6.07, 6.45) is 0. The van der Waals surface area contributed by atoms with Gasteiger partial charge in [0, 0.05) is 0 Å². The predicted molar refractivity (Wildman–Crippen MR) is 54.6 cm³/mol. The van der Waals surface area contributed by atoms with E-state index in [1.165, 1.54) is 11.1 Å². The van der Waals surface area contributed by atoms with Crippen molar-refractivity contribution >= 4 is 0 Å². The van der Waals surface area contributed by atoms with E-state index < -0.39 is 0 Å². The van der Waals surface area contributed by atoms with Gasteiger partial charge in [-0.2, -0.15) is 5.26 Å². The van der Waals surface area contributed by atoms with Gasteiger partial charge in [-0.3, -0.25) is 0 Å². The molecule has 0 saturated carbocycles. The summed E-state index contributed by atoms with van der Waals surface area (Å²) in [7, 11) is 0. The van der Waals surface area contributed by atoms with Crippen LogP contribution in [0.5, 0.6) is 0 Å². The molecule has 0 aliphatic rings. The van der Waals surface area contributed by atoms with Crippen LogP contribution >= 0.6 is 0 Å². The highest BCUT2D eigenvalue weighted by Crippen LogP contribution is 2.26. The molecule has 0 bridgehead atoms. The van der Waals surface area contributed by atoms with Gasteiger partial charge in [-0.1, -0.05) is 26.8 Å². The molecule has 0 radical (unpaired) electrons. The Morgan fingerprint density at radius 3 is 2.31 bits per heavy atom. The summed E-state index contributed by atoms with van der Waals surface area (Å²) in [6, 6.07) is 8.03. The van der Waals surface area contributed by atoms with Crippen LogP contribution < -0.4 is 0 Å². The molecule has 1 heteroatoms. The lowest BCUT2D eigenvalue weighted by atomic mass is 9.83. The first kappa shape index (κ1) is 9.80. The van der Waals surface area contributed by atoms with Gasteiger partial charge in [-0.05, 0) is 35.6 Å². The van der Waals surface area contributed by atoms with Crippen LogP contribution in [0.2, 0.25) is 0 Å². The number of hydrogen-bond donors (Lipinski definition) is 0. The minimum Gasteiger partial charge on any atom is -0.192 e. The highest BCUT2D eigenvalue weighted by atomic mass is 14.3. The lowest BCUT2D eigenvalue weighted by Crippen LogP contribution is -2.13. The van der Waals surface area contributed by atoms with Crippen molar-refractivity contribution in [1.82, 2.24) is 0 Å². The van der Waals surface area contributed by atoms with Crippen molar-refractivity contribution in [3.05, 3.63) is 34.9 Å². The van der Waals surface area contributed by atoms with Crippen LogP contribution in [-0.4, -0.2) is 0 Å². The minimum atomic E-state index is 0.122. The standard InChI is InChI=1S/C12H15N/c1-9-5-6-10(8-13)7-11(9)12(2,3)4/h5-7H,1-4H3. The van der Waals surface area contributed by atoms with Crippen LogP contribution in [-0.2, 0) is 5.41 Å². The Hall–Kier alpha value is -1.29. The second kappa shape index (κ2) is 3.22. The Kier molecular flexibility index (Phi) is 2.43. The van der Waals surface area contributed by atoms with E-state index in [1.54, 1.807) is 0 Å². The van der Waals surface area contributed by atoms with Crippen molar-refractivity contribution in [2.24, 2.45) is 0 Å². The molecule has 0 heterocycles. The number of aryl methyl sites for hydroxylation is 1. The number of nitriles is 1. The van der Waals surface area contributed by atoms with Gasteiger partial charge < -0.3 is 0 Å². The zero-order valence-corrected chi connectivity index (χ0v) is 8.68. The number of hydrogen-bond acceptors (Lipinski definition) is 1. The highest BCUT2D eigenvalue weighted by Gasteiger charge is 2.16. The smallest absolute Gasteiger partial charge is 0.0991 e. The number of nitrogens with zero attached hydrogens (tertiary/aromatic N) is 1. The molecule has 0 spiro atoms. The molecule has 1 rings (SSSR count). The largest absolute Gasteiger partial charge is 0.192 e. The summed E-state index contributed by atoms with van der Waals surface area (Å²) in [6.45, 7) is 8.57. The molecule has 1 aromatic carbocycles. The maximum atomic E-state index is 8.77. The van der Waals surface area contributed by atoms with Crippen LogP contribution in [0.4, 0.5) is 0 Å². The molecule has 0 saturated heterocycles. The van der Waals surface area contributed by atoms with E-state index in [0.717, 1.165) is 5.56 Å². The van der Waals surface area contributed by atoms with Crippen molar-refractivity contribution in [1.29, 1.82) is 5.26 Å². The molecular weight excluding hydrogens is 158 g/mol. The zero-order valence-electron chi connectivity index (χ0n) is 8.68. The molecular formula is C12H15N. The molecule has 0 amide bonds. The summed E-state index contributed by atoms with van der Waals surface area (Å²) in [4.78, 5) is 0. The third-order valence-corrected chi connectivity index (χ3v) is 2.17. The molecule has 1 aromatic rings. The Labute approximate surface area is 80.0 Å². The minimum absolute atomic E-state index is 0.122. The average Bonchev–Trinajstić information content (AvgIpc) is 2.03. The summed E-state index contributed by atoms with van der Waals surface area (Å²) in [5.74, 6) is 0. The first-order valence-corrected chi connectivity index (χ1v) is 4.46. The quantitative estimate of drug-likeness (QED) is 0.591. The molecule has 0 aliphatic heterocycles. The molecule has 0 aliphatic carbocycles. The molecule has 0 fully saturated rings. The fraction of sp³-hybridized carbons (Fsp3) is 0.417. The van der Waals surface area contributed by atoms with Gasteiger partial charge >= 0.3 is 0 Å². The van der Waals surface area contributed by atoms with Crippen molar-refractivity contribution in [2.45, 2.75) is 33.1 Å². The van der Waals surface area contributed by atoms with Gasteiger partial charge in [0.05, 0.1) is 11.6 Å². The fourth-order valence-electron chi connectivity index (χ4n) is 1.50. The van der Waals surface area contributed by atoms with E-state index in [9.17, 15) is 0 Å². The van der Waals surface area contributed by atoms with Gasteiger partial charge in [0.1, 0.15) is 0 Å². The first-order chi connectivity index (χ1) is 5.95. The molecule has 13 heavy (non-hydrogen) atoms. The molecule has 1 nitrogen and oxygen atoms in total. The van der Waals surface area contributed by atoms with Crippen LogP contribution in [0.25, 0.3) is 0 Å². The summed E-state index contributed by atoms with van der Waals surface area (Å²) < 4.78 is 0. The zero-order chi connectivity index (χ0) is 10.1. The maximum absolute atomic E-state index is 8.77. The Morgan fingerprint density at radius 2 is 1.85 bits per heavy atom. The van der Waals surface area contributed by atoms with E-state index in [-0.39, 0.29) is 5.41 Å². The SMILES string of the molecule is Cc1ccc(C#N)cc1C(C)(C)C. The normalized spacial score (nSPS) is 11.0. The van der Waals surface area contributed by atoms with Gasteiger partial charge in [0.15, 0.2) is 0 Å². The van der Waals surface area contributed by atoms with Crippen LogP contribution in [0.1, 0.15) is 37.5 Å². The lowest BCUT2D eigenvalue weighted by Gasteiger charge is -2.21. The molecule has 0 unspecified atom stereocenters. The summed E-state index contributed by atoms with van der Waals surface area (Å²) >= 11 is 0. The molecule has 0 N–H and O–H groups in total. The van der Waals surface area contributed by atoms with Gasteiger partial charge in [-0.25, -0.2) is 0 Å². The lowest BCUT2D eigenvalue weighted by molar-refractivity contribution is 0.586. The fourth-order valence-corrected chi connectivity index (χ4v) is 1.50. The van der Waals surface area contributed by atoms with Gasteiger partial charge in [-0.15, -0.1) is 0 Å². The molecule has 0 atom stereocenters.